The predicted octanol–water partition coefficient (Wildman–Crippen LogP) is 18.5. The fraction of sp³-hybridized carbons (Fsp3) is 0.356. The Morgan fingerprint density at radius 2 is 0.899 bits per heavy atom. The topological polar surface area (TPSA) is 159 Å². The van der Waals surface area contributed by atoms with Gasteiger partial charge in [-0.3, -0.25) is 9.59 Å². The zero-order valence-corrected chi connectivity index (χ0v) is 62.8. The van der Waals surface area contributed by atoms with Crippen LogP contribution in [0.1, 0.15) is 176 Å². The quantitative estimate of drug-likeness (QED) is 0.0963. The number of halogens is 7. The van der Waals surface area contributed by atoms with Gasteiger partial charge < -0.3 is 21.3 Å². The molecule has 0 radical (unpaired) electrons. The molecular formula is C87H89F7N12O2S. The van der Waals surface area contributed by atoms with Crippen LogP contribution in [0, 0.1) is 44.9 Å². The highest BCUT2D eigenvalue weighted by Gasteiger charge is 2.52. The Morgan fingerprint density at radius 3 is 1.33 bits per heavy atom. The minimum absolute atomic E-state index is 0.00952. The molecule has 0 bridgehead atoms. The molecule has 5 aromatic carbocycles. The lowest BCUT2D eigenvalue weighted by Crippen LogP contribution is -2.49. The summed E-state index contributed by atoms with van der Waals surface area (Å²) in [6.45, 7) is 14.6. The fourth-order valence-electron chi connectivity index (χ4n) is 18.3. The Kier molecular flexibility index (Phi) is 20.3. The van der Waals surface area contributed by atoms with Crippen molar-refractivity contribution >= 4 is 47.5 Å². The van der Waals surface area contributed by atoms with Gasteiger partial charge in [-0.05, 0) is 264 Å². The summed E-state index contributed by atoms with van der Waals surface area (Å²) in [7, 11) is 0. The molecule has 5 aromatic heterocycles. The maximum Gasteiger partial charge on any atom is 0.417 e. The Bertz CT molecular complexity index is 5170. The summed E-state index contributed by atoms with van der Waals surface area (Å²) < 4.78 is 102. The summed E-state index contributed by atoms with van der Waals surface area (Å²) in [5, 5.41) is 27.1. The fourth-order valence-corrected chi connectivity index (χ4v) is 18.9. The highest BCUT2D eigenvalue weighted by Crippen LogP contribution is 2.55. The minimum atomic E-state index is -4.61. The van der Waals surface area contributed by atoms with Crippen molar-refractivity contribution in [1.29, 1.82) is 0 Å². The van der Waals surface area contributed by atoms with Crippen LogP contribution < -0.4 is 16.4 Å². The van der Waals surface area contributed by atoms with Gasteiger partial charge in [-0.15, -0.1) is 11.3 Å². The average molecular weight is 1500 g/mol. The second-order valence-electron chi connectivity index (χ2n) is 31.2. The molecule has 8 aliphatic carbocycles. The van der Waals surface area contributed by atoms with Crippen LogP contribution in [-0.4, -0.2) is 93.1 Å². The summed E-state index contributed by atoms with van der Waals surface area (Å²) in [5.41, 5.74) is 22.6. The van der Waals surface area contributed by atoms with Crippen LogP contribution in [0.4, 0.5) is 30.7 Å². The van der Waals surface area contributed by atoms with Gasteiger partial charge >= 0.3 is 6.18 Å². The molecule has 564 valence electrons. The van der Waals surface area contributed by atoms with Crippen LogP contribution in [0.5, 0.6) is 0 Å². The molecular weight excluding hydrogens is 1410 g/mol. The Balaban J connectivity index is 0.000000118. The number of fused-ring (bicyclic) bond motifs is 8. The monoisotopic (exact) mass is 1500 g/mol. The number of carbonyl (C=O) groups is 2. The molecule has 10 aromatic rings. The summed E-state index contributed by atoms with van der Waals surface area (Å²) in [5.74, 6) is -1.59. The first-order valence-electron chi connectivity index (χ1n) is 37.8. The van der Waals surface area contributed by atoms with E-state index in [-0.39, 0.29) is 69.1 Å². The van der Waals surface area contributed by atoms with E-state index in [2.05, 4.69) is 90.0 Å². The van der Waals surface area contributed by atoms with E-state index in [9.17, 15) is 40.3 Å². The Labute approximate surface area is 634 Å². The third kappa shape index (κ3) is 14.1. The lowest BCUT2D eigenvalue weighted by Gasteiger charge is -2.42. The molecule has 4 saturated carbocycles. The van der Waals surface area contributed by atoms with E-state index >= 15 is 0 Å². The second-order valence-corrected chi connectivity index (χ2v) is 32.1. The highest BCUT2D eigenvalue weighted by molar-refractivity contribution is 7.12. The number of nitrogens with one attached hydrogen (secondary N) is 2. The van der Waals surface area contributed by atoms with Gasteiger partial charge in [0.1, 0.15) is 23.3 Å². The normalized spacial score (nSPS) is 23.7. The number of rotatable bonds is 13. The van der Waals surface area contributed by atoms with Crippen LogP contribution in [-0.2, 0) is 31.9 Å². The van der Waals surface area contributed by atoms with Gasteiger partial charge in [0.15, 0.2) is 0 Å². The molecule has 22 heteroatoms. The molecule has 4 fully saturated rings. The van der Waals surface area contributed by atoms with Crippen molar-refractivity contribution in [3.63, 3.8) is 0 Å². The first kappa shape index (κ1) is 74.4. The molecule has 2 amide bonds. The molecule has 109 heavy (non-hydrogen) atoms. The zero-order chi connectivity index (χ0) is 76.3. The number of nitrogens with zero attached hydrogens (tertiary/aromatic N) is 9. The molecule has 8 aliphatic rings. The van der Waals surface area contributed by atoms with Crippen molar-refractivity contribution in [2.45, 2.75) is 162 Å². The van der Waals surface area contributed by atoms with Crippen LogP contribution >= 0.6 is 11.3 Å². The third-order valence-corrected chi connectivity index (χ3v) is 25.3. The molecule has 14 nitrogen and oxygen atoms in total. The molecule has 8 atom stereocenters. The van der Waals surface area contributed by atoms with E-state index in [1.54, 1.807) is 64.3 Å². The van der Waals surface area contributed by atoms with Crippen molar-refractivity contribution in [1.82, 2.24) is 54.7 Å². The summed E-state index contributed by atoms with van der Waals surface area (Å²) in [4.78, 5) is 28.6. The lowest BCUT2D eigenvalue weighted by atomic mass is 9.72. The first-order chi connectivity index (χ1) is 52.4. The number of benzene rings is 5. The van der Waals surface area contributed by atoms with Gasteiger partial charge in [0, 0.05) is 52.4 Å². The summed E-state index contributed by atoms with van der Waals surface area (Å²) in [6.07, 6.45) is 24.8. The predicted molar refractivity (Wildman–Crippen MR) is 412 cm³/mol. The molecule has 18 rings (SSSR count). The van der Waals surface area contributed by atoms with Crippen molar-refractivity contribution < 1.29 is 40.3 Å². The number of carbonyl (C=O) groups excluding carboxylic acids is 2. The Hall–Kier alpha value is -10.0. The molecule has 0 unspecified atom stereocenters. The van der Waals surface area contributed by atoms with Crippen molar-refractivity contribution in [3.8, 4) is 22.7 Å². The first-order valence-corrected chi connectivity index (χ1v) is 38.7. The average Bonchev–Trinajstić information content (AvgIpc) is 1.60. The van der Waals surface area contributed by atoms with Crippen molar-refractivity contribution in [2.24, 2.45) is 27.4 Å². The van der Waals surface area contributed by atoms with E-state index < -0.39 is 23.1 Å². The molecule has 5 heterocycles. The number of aromatic nitrogens is 8. The molecule has 0 saturated heterocycles. The van der Waals surface area contributed by atoms with Crippen LogP contribution in [0.25, 0.3) is 47.1 Å². The lowest BCUT2D eigenvalue weighted by molar-refractivity contribution is -0.138. The minimum Gasteiger partial charge on any atom is -0.348 e. The maximum atomic E-state index is 13.7. The van der Waals surface area contributed by atoms with E-state index in [1.165, 1.54) is 119 Å². The van der Waals surface area contributed by atoms with Crippen LogP contribution in [0.2, 0.25) is 0 Å². The van der Waals surface area contributed by atoms with Crippen LogP contribution in [0.15, 0.2) is 186 Å². The molecule has 4 N–H and O–H groups in total. The van der Waals surface area contributed by atoms with Crippen LogP contribution in [0.3, 0.4) is 0 Å². The standard InChI is InChI=1S/C28H27F4N3O.C22H20FN3OS.C20H24FN3.C17H18FN3/c1-3-14-34(26(36)22-6-4-5-7-23(22)28(30,31)32)25-13-8-19-15-24-18(16-27(19,25)2)17-33-35(24)21-11-9-20(29)10-12-21;1-22-12-14-13-24-26(17-7-5-16(23)6-8-17)18(14)11-15(22)4-9-20(22)25-21(27)19-3-2-10-28-19;1-3-10-22-19-9-4-15-11-18-14(12-20(15,19)2)13-23-24(18)17-7-5-16(21)6-8-17;1-17-9-11-10-20-21(14-5-3-13(18)4-6-14)15(11)8-12(17)2-7-16(17)19/h4-7,9-12,15,17,25H,3,8,13-14,16H2,1-2H3;2-3,5-8,10-11,13,20H,4,9,12H2,1H3,(H,25,27);5-8,11,13,19,22H,3-4,9-10,12H2,1-2H3;3-6,8,10,16H,2,7,9,19H2,1H3/t25-,27-;20-,22-;19-,20-;16-,17-/m0000/s1. The molecule has 0 spiro atoms. The largest absolute Gasteiger partial charge is 0.417 e. The number of hydrogen-bond acceptors (Lipinski definition) is 9. The highest BCUT2D eigenvalue weighted by atomic mass is 32.1. The van der Waals surface area contributed by atoms with E-state index in [4.69, 9.17) is 5.73 Å². The van der Waals surface area contributed by atoms with Crippen molar-refractivity contribution in [2.75, 3.05) is 13.1 Å². The number of hydrogen-bond donors (Lipinski definition) is 3. The van der Waals surface area contributed by atoms with E-state index in [0.29, 0.717) is 31.8 Å². The van der Waals surface area contributed by atoms with Gasteiger partial charge in [0.25, 0.3) is 11.8 Å². The summed E-state index contributed by atoms with van der Waals surface area (Å²) >= 11 is 1.47. The Morgan fingerprint density at radius 1 is 0.505 bits per heavy atom. The number of thiophene rings is 1. The SMILES string of the molecule is CCCN(C(=O)c1ccccc1C(F)(F)F)[C@H]1CCC2=Cc3c(cnn3-c3ccc(F)cc3)C[C@@]21C.CCCN[C@H]1CCC2=Cc3c(cnn3-c3ccc(F)cc3)C[C@@]21C.C[C@]12Cc3cnn(-c4ccc(F)cc4)c3C=C1CC[C@@H]2N.C[C@]12Cc3cnn(-c4ccc(F)cc4)c3C=C1CC[C@@H]2NC(=O)c1cccs1. The second kappa shape index (κ2) is 29.8. The van der Waals surface area contributed by atoms with Gasteiger partial charge in [-0.25, -0.2) is 36.3 Å². The number of amides is 2. The van der Waals surface area contributed by atoms with Crippen molar-refractivity contribution in [3.05, 3.63) is 270 Å². The zero-order valence-electron chi connectivity index (χ0n) is 62.0. The van der Waals surface area contributed by atoms with Gasteiger partial charge in [0.2, 0.25) is 0 Å². The van der Waals surface area contributed by atoms with Gasteiger partial charge in [-0.1, -0.05) is 82.0 Å². The van der Waals surface area contributed by atoms with Gasteiger partial charge in [0.05, 0.1) is 86.3 Å². The number of nitrogens with two attached hydrogens (primary N) is 1. The maximum absolute atomic E-state index is 13.7. The third-order valence-electron chi connectivity index (χ3n) is 24.4. The smallest absolute Gasteiger partial charge is 0.348 e. The number of alkyl halides is 3. The van der Waals surface area contributed by atoms with Gasteiger partial charge in [-0.2, -0.15) is 33.6 Å². The van der Waals surface area contributed by atoms with E-state index in [1.807, 2.05) is 57.1 Å². The van der Waals surface area contributed by atoms with E-state index in [0.717, 1.165) is 138 Å². The summed E-state index contributed by atoms with van der Waals surface area (Å²) in [6, 6.07) is 35.0. The molecule has 0 aliphatic heterocycles.